The van der Waals surface area contributed by atoms with Gasteiger partial charge in [-0.05, 0) is 18.6 Å². The number of carbonyl (C=O) groups excluding carboxylic acids is 1. The van der Waals surface area contributed by atoms with Crippen LogP contribution in [0.25, 0.3) is 0 Å². The van der Waals surface area contributed by atoms with Gasteiger partial charge in [-0.3, -0.25) is 0 Å². The van der Waals surface area contributed by atoms with Crippen LogP contribution in [-0.4, -0.2) is 60.9 Å². The Morgan fingerprint density at radius 2 is 2.07 bits per heavy atom. The molecule has 0 spiro atoms. The Balaban J connectivity index is 1.45. The van der Waals surface area contributed by atoms with Crippen LogP contribution in [0, 0.1) is 6.92 Å². The molecule has 1 aromatic carbocycles. The number of aromatic nitrogens is 2. The van der Waals surface area contributed by atoms with Crippen LogP contribution in [0.15, 0.2) is 24.5 Å². The lowest BCUT2D eigenvalue weighted by Gasteiger charge is -2.34. The molecule has 0 bridgehead atoms. The largest absolute Gasteiger partial charge is 0.496 e. The van der Waals surface area contributed by atoms with Crippen molar-refractivity contribution in [2.24, 2.45) is 0 Å². The Bertz CT molecular complexity index is 883. The molecule has 1 aromatic heterocycles. The molecule has 1 N–H and O–H groups in total. The highest BCUT2D eigenvalue weighted by atomic mass is 16.5. The molecule has 8 heteroatoms. The minimum Gasteiger partial charge on any atom is -0.496 e. The Morgan fingerprint density at radius 3 is 2.86 bits per heavy atom. The third-order valence-corrected chi connectivity index (χ3v) is 5.45. The molecule has 3 heterocycles. The molecule has 4 rings (SSSR count). The van der Waals surface area contributed by atoms with E-state index in [2.05, 4.69) is 20.2 Å². The first-order chi connectivity index (χ1) is 14.2. The second-order valence-corrected chi connectivity index (χ2v) is 7.37. The van der Waals surface area contributed by atoms with Crippen molar-refractivity contribution in [1.82, 2.24) is 20.2 Å². The highest BCUT2D eigenvalue weighted by molar-refractivity contribution is 5.75. The van der Waals surface area contributed by atoms with Gasteiger partial charge in [0.25, 0.3) is 0 Å². The fraction of sp³-hybridized carbons (Fsp3) is 0.476. The minimum absolute atomic E-state index is 0.0879. The molecule has 0 aliphatic carbocycles. The van der Waals surface area contributed by atoms with Crippen molar-refractivity contribution in [2.45, 2.75) is 26.4 Å². The number of hydrogen-bond donors (Lipinski definition) is 1. The monoisotopic (exact) mass is 397 g/mol. The van der Waals surface area contributed by atoms with Crippen molar-refractivity contribution >= 4 is 11.8 Å². The predicted molar refractivity (Wildman–Crippen MR) is 109 cm³/mol. The summed E-state index contributed by atoms with van der Waals surface area (Å²) in [6.45, 7) is 6.61. The van der Waals surface area contributed by atoms with Crippen LogP contribution < -0.4 is 15.0 Å². The van der Waals surface area contributed by atoms with E-state index >= 15 is 0 Å². The lowest BCUT2D eigenvalue weighted by atomic mass is 10.1. The maximum absolute atomic E-state index is 12.8. The molecule has 8 nitrogen and oxygen atoms in total. The first kappa shape index (κ1) is 19.4. The number of amides is 2. The van der Waals surface area contributed by atoms with Gasteiger partial charge in [-0.2, -0.15) is 0 Å². The van der Waals surface area contributed by atoms with E-state index in [4.69, 9.17) is 9.47 Å². The number of aryl methyl sites for hydroxylation is 1. The van der Waals surface area contributed by atoms with Crippen molar-refractivity contribution in [3.05, 3.63) is 46.9 Å². The van der Waals surface area contributed by atoms with Crippen molar-refractivity contribution in [1.29, 1.82) is 0 Å². The number of urea groups is 1. The molecule has 0 unspecified atom stereocenters. The van der Waals surface area contributed by atoms with E-state index < -0.39 is 0 Å². The van der Waals surface area contributed by atoms with Crippen LogP contribution in [0.4, 0.5) is 10.6 Å². The standard InChI is InChI=1S/C21H27N5O3/c1-15-3-4-16(19(11-15)28-2)12-22-21(27)26-6-5-18-17(13-26)20(24-14-23-18)25-7-9-29-10-8-25/h3-4,11,14H,5-10,12-13H2,1-2H3,(H,22,27). The van der Waals surface area contributed by atoms with E-state index in [0.29, 0.717) is 32.8 Å². The molecule has 0 radical (unpaired) electrons. The molecular formula is C21H27N5O3. The SMILES string of the molecule is COc1cc(C)ccc1CNC(=O)N1CCc2ncnc(N3CCOCC3)c2C1. The number of rotatable bonds is 4. The summed E-state index contributed by atoms with van der Waals surface area (Å²) < 4.78 is 10.9. The fourth-order valence-electron chi connectivity index (χ4n) is 3.83. The van der Waals surface area contributed by atoms with E-state index in [0.717, 1.165) is 53.5 Å². The zero-order valence-electron chi connectivity index (χ0n) is 17.0. The van der Waals surface area contributed by atoms with Gasteiger partial charge in [0.05, 0.1) is 32.6 Å². The van der Waals surface area contributed by atoms with Gasteiger partial charge in [-0.15, -0.1) is 0 Å². The minimum atomic E-state index is -0.0879. The molecule has 0 atom stereocenters. The zero-order valence-corrected chi connectivity index (χ0v) is 17.0. The number of morpholine rings is 1. The average molecular weight is 397 g/mol. The lowest BCUT2D eigenvalue weighted by molar-refractivity contribution is 0.122. The van der Waals surface area contributed by atoms with Crippen LogP contribution >= 0.6 is 0 Å². The third kappa shape index (κ3) is 4.27. The van der Waals surface area contributed by atoms with Gasteiger partial charge < -0.3 is 24.6 Å². The van der Waals surface area contributed by atoms with Crippen LogP contribution in [0.1, 0.15) is 22.4 Å². The fourth-order valence-corrected chi connectivity index (χ4v) is 3.83. The number of fused-ring (bicyclic) bond motifs is 1. The molecular weight excluding hydrogens is 370 g/mol. The van der Waals surface area contributed by atoms with Crippen molar-refractivity contribution in [3.63, 3.8) is 0 Å². The summed E-state index contributed by atoms with van der Waals surface area (Å²) >= 11 is 0. The first-order valence-electron chi connectivity index (χ1n) is 9.97. The molecule has 1 fully saturated rings. The number of anilines is 1. The topological polar surface area (TPSA) is 79.8 Å². The zero-order chi connectivity index (χ0) is 20.2. The number of benzene rings is 1. The van der Waals surface area contributed by atoms with Crippen molar-refractivity contribution in [3.8, 4) is 5.75 Å². The van der Waals surface area contributed by atoms with Gasteiger partial charge in [0.2, 0.25) is 0 Å². The second kappa shape index (κ2) is 8.65. The van der Waals surface area contributed by atoms with Gasteiger partial charge in [0.15, 0.2) is 0 Å². The van der Waals surface area contributed by atoms with E-state index in [1.54, 1.807) is 13.4 Å². The summed E-state index contributed by atoms with van der Waals surface area (Å²) in [5.41, 5.74) is 4.16. The number of hydrogen-bond acceptors (Lipinski definition) is 6. The maximum atomic E-state index is 12.8. The second-order valence-electron chi connectivity index (χ2n) is 7.37. The molecule has 1 saturated heterocycles. The molecule has 2 amide bonds. The average Bonchev–Trinajstić information content (AvgIpc) is 2.77. The van der Waals surface area contributed by atoms with Gasteiger partial charge in [-0.1, -0.05) is 12.1 Å². The summed E-state index contributed by atoms with van der Waals surface area (Å²) in [5.74, 6) is 1.72. The molecule has 2 aliphatic rings. The number of carbonyl (C=O) groups is 1. The quantitative estimate of drug-likeness (QED) is 0.849. The number of ether oxygens (including phenoxy) is 2. The van der Waals surface area contributed by atoms with Crippen LogP contribution in [0.3, 0.4) is 0 Å². The van der Waals surface area contributed by atoms with E-state index in [-0.39, 0.29) is 6.03 Å². The molecule has 154 valence electrons. The van der Waals surface area contributed by atoms with Crippen molar-refractivity contribution < 1.29 is 14.3 Å². The first-order valence-corrected chi connectivity index (χ1v) is 9.97. The molecule has 29 heavy (non-hydrogen) atoms. The van der Waals surface area contributed by atoms with Crippen LogP contribution in [0.5, 0.6) is 5.75 Å². The lowest BCUT2D eigenvalue weighted by Crippen LogP contribution is -2.44. The van der Waals surface area contributed by atoms with E-state index in [1.165, 1.54) is 0 Å². The van der Waals surface area contributed by atoms with Gasteiger partial charge in [0.1, 0.15) is 17.9 Å². The Morgan fingerprint density at radius 1 is 1.24 bits per heavy atom. The maximum Gasteiger partial charge on any atom is 0.317 e. The highest BCUT2D eigenvalue weighted by Crippen LogP contribution is 2.26. The summed E-state index contributed by atoms with van der Waals surface area (Å²) in [4.78, 5) is 25.9. The van der Waals surface area contributed by atoms with Crippen molar-refractivity contribution in [2.75, 3.05) is 44.9 Å². The molecule has 2 aliphatic heterocycles. The normalized spacial score (nSPS) is 16.3. The Labute approximate surface area is 170 Å². The number of methoxy groups -OCH3 is 1. The smallest absolute Gasteiger partial charge is 0.317 e. The summed E-state index contributed by atoms with van der Waals surface area (Å²) in [5, 5.41) is 3.03. The van der Waals surface area contributed by atoms with Crippen LogP contribution in [-0.2, 0) is 24.2 Å². The Hall–Kier alpha value is -2.87. The number of nitrogens with zero attached hydrogens (tertiary/aromatic N) is 4. The van der Waals surface area contributed by atoms with Gasteiger partial charge in [0, 0.05) is 43.7 Å². The highest BCUT2D eigenvalue weighted by Gasteiger charge is 2.27. The summed E-state index contributed by atoms with van der Waals surface area (Å²) in [6.07, 6.45) is 2.36. The van der Waals surface area contributed by atoms with Gasteiger partial charge in [-0.25, -0.2) is 14.8 Å². The van der Waals surface area contributed by atoms with E-state index in [1.807, 2.05) is 30.0 Å². The Kier molecular flexibility index (Phi) is 5.80. The summed E-state index contributed by atoms with van der Waals surface area (Å²) in [7, 11) is 1.65. The predicted octanol–water partition coefficient (Wildman–Crippen LogP) is 1.90. The van der Waals surface area contributed by atoms with E-state index in [9.17, 15) is 4.79 Å². The summed E-state index contributed by atoms with van der Waals surface area (Å²) in [6, 6.07) is 5.90. The number of nitrogens with one attached hydrogen (secondary N) is 1. The molecule has 2 aromatic rings. The third-order valence-electron chi connectivity index (χ3n) is 5.45. The van der Waals surface area contributed by atoms with Crippen LogP contribution in [0.2, 0.25) is 0 Å². The molecule has 0 saturated carbocycles. The van der Waals surface area contributed by atoms with Gasteiger partial charge >= 0.3 is 6.03 Å².